The van der Waals surface area contributed by atoms with Crippen molar-refractivity contribution in [2.24, 2.45) is 5.92 Å². The highest BCUT2D eigenvalue weighted by atomic mass is 16.5. The van der Waals surface area contributed by atoms with Crippen LogP contribution >= 0.6 is 0 Å². The van der Waals surface area contributed by atoms with Crippen molar-refractivity contribution in [1.82, 2.24) is 15.0 Å². The van der Waals surface area contributed by atoms with Gasteiger partial charge in [0.05, 0.1) is 11.7 Å². The summed E-state index contributed by atoms with van der Waals surface area (Å²) in [6.07, 6.45) is 0.922. The topological polar surface area (TPSA) is 109 Å². The van der Waals surface area contributed by atoms with E-state index >= 15 is 0 Å². The Morgan fingerprint density at radius 3 is 2.61 bits per heavy atom. The molecule has 0 spiro atoms. The van der Waals surface area contributed by atoms with Crippen LogP contribution in [-0.2, 0) is 4.74 Å². The van der Waals surface area contributed by atoms with Crippen molar-refractivity contribution in [3.05, 3.63) is 35.2 Å². The standard InChI is InChI=1S/C26H39N5O5/c1-8-11-31-13-16(2)23(34-7)14-30(6)25(32)21-12-20(9-10-22(21)35-15-17(31)3)27-26(33)28-24-18(4)29-36-19(24)5/h9-10,12,16-17,23H,8,11,13-15H2,1-7H3,(H2,27,28,33)/t16-,17-,23+/m0/s1. The van der Waals surface area contributed by atoms with E-state index in [9.17, 15) is 9.59 Å². The van der Waals surface area contributed by atoms with E-state index in [0.29, 0.717) is 47.3 Å². The van der Waals surface area contributed by atoms with Gasteiger partial charge in [-0.2, -0.15) is 0 Å². The van der Waals surface area contributed by atoms with Gasteiger partial charge < -0.3 is 29.5 Å². The van der Waals surface area contributed by atoms with Gasteiger partial charge in [0.2, 0.25) is 0 Å². The molecule has 0 unspecified atom stereocenters. The lowest BCUT2D eigenvalue weighted by molar-refractivity contribution is 0.0108. The predicted molar refractivity (Wildman–Crippen MR) is 139 cm³/mol. The van der Waals surface area contributed by atoms with E-state index in [-0.39, 0.29) is 24.0 Å². The SMILES string of the molecule is CCCN1C[C@H](C)[C@H](OC)CN(C)C(=O)c2cc(NC(=O)Nc3c(C)noc3C)ccc2OC[C@@H]1C. The molecule has 3 amide bonds. The average Bonchev–Trinajstić information content (AvgIpc) is 3.16. The molecule has 0 saturated carbocycles. The van der Waals surface area contributed by atoms with E-state index < -0.39 is 6.03 Å². The number of likely N-dealkylation sites (N-methyl/N-ethyl adjacent to an activating group) is 1. The third-order valence-electron chi connectivity index (χ3n) is 6.61. The summed E-state index contributed by atoms with van der Waals surface area (Å²) in [6.45, 7) is 12.6. The molecule has 198 valence electrons. The number of fused-ring (bicyclic) bond motifs is 1. The van der Waals surface area contributed by atoms with Gasteiger partial charge >= 0.3 is 6.03 Å². The van der Waals surface area contributed by atoms with Crippen LogP contribution in [0, 0.1) is 19.8 Å². The van der Waals surface area contributed by atoms with Gasteiger partial charge in [0.1, 0.15) is 23.7 Å². The maximum Gasteiger partial charge on any atom is 0.323 e. The third kappa shape index (κ3) is 6.55. The van der Waals surface area contributed by atoms with Crippen molar-refractivity contribution in [1.29, 1.82) is 0 Å². The molecule has 2 heterocycles. The minimum atomic E-state index is -0.462. The zero-order valence-corrected chi connectivity index (χ0v) is 22.4. The number of carbonyl (C=O) groups excluding carboxylic acids is 2. The molecule has 3 rings (SSSR count). The van der Waals surface area contributed by atoms with Crippen molar-refractivity contribution in [2.45, 2.75) is 53.2 Å². The van der Waals surface area contributed by atoms with Crippen LogP contribution in [0.1, 0.15) is 49.0 Å². The van der Waals surface area contributed by atoms with Crippen molar-refractivity contribution in [3.63, 3.8) is 0 Å². The second-order valence-corrected chi connectivity index (χ2v) is 9.58. The zero-order chi connectivity index (χ0) is 26.4. The average molecular weight is 502 g/mol. The maximum atomic E-state index is 13.5. The number of benzene rings is 1. The monoisotopic (exact) mass is 501 g/mol. The molecule has 3 atom stereocenters. The number of ether oxygens (including phenoxy) is 2. The Bertz CT molecular complexity index is 1040. The summed E-state index contributed by atoms with van der Waals surface area (Å²) in [5.41, 5.74) is 1.94. The third-order valence-corrected chi connectivity index (χ3v) is 6.61. The van der Waals surface area contributed by atoms with E-state index in [2.05, 4.69) is 41.5 Å². The van der Waals surface area contributed by atoms with Gasteiger partial charge in [0.15, 0.2) is 5.76 Å². The van der Waals surface area contributed by atoms with Crippen molar-refractivity contribution < 1.29 is 23.6 Å². The lowest BCUT2D eigenvalue weighted by Crippen LogP contribution is -2.46. The Morgan fingerprint density at radius 1 is 1.22 bits per heavy atom. The summed E-state index contributed by atoms with van der Waals surface area (Å²) >= 11 is 0. The Morgan fingerprint density at radius 2 is 1.97 bits per heavy atom. The van der Waals surface area contributed by atoms with Crippen LogP contribution in [0.2, 0.25) is 0 Å². The highest BCUT2D eigenvalue weighted by Gasteiger charge is 2.28. The molecule has 0 saturated heterocycles. The van der Waals surface area contributed by atoms with Gasteiger partial charge in [-0.1, -0.05) is 19.0 Å². The minimum absolute atomic E-state index is 0.114. The summed E-state index contributed by atoms with van der Waals surface area (Å²) < 4.78 is 17.1. The first-order valence-corrected chi connectivity index (χ1v) is 12.4. The molecule has 0 bridgehead atoms. The molecule has 36 heavy (non-hydrogen) atoms. The number of anilines is 2. The van der Waals surface area contributed by atoms with Crippen LogP contribution in [0.15, 0.2) is 22.7 Å². The number of hydrogen-bond donors (Lipinski definition) is 2. The van der Waals surface area contributed by atoms with Crippen LogP contribution in [0.25, 0.3) is 0 Å². The molecule has 1 aliphatic rings. The fraction of sp³-hybridized carbons (Fsp3) is 0.577. The van der Waals surface area contributed by atoms with Gasteiger partial charge in [-0.05, 0) is 57.9 Å². The van der Waals surface area contributed by atoms with Gasteiger partial charge in [-0.3, -0.25) is 9.69 Å². The van der Waals surface area contributed by atoms with E-state index in [1.54, 1.807) is 51.1 Å². The van der Waals surface area contributed by atoms with Gasteiger partial charge in [0.25, 0.3) is 5.91 Å². The number of carbonyl (C=O) groups is 2. The summed E-state index contributed by atoms with van der Waals surface area (Å²) in [6, 6.07) is 4.79. The van der Waals surface area contributed by atoms with Crippen LogP contribution < -0.4 is 15.4 Å². The molecule has 2 N–H and O–H groups in total. The number of urea groups is 1. The highest BCUT2D eigenvalue weighted by Crippen LogP contribution is 2.27. The first-order valence-electron chi connectivity index (χ1n) is 12.4. The lowest BCUT2D eigenvalue weighted by atomic mass is 10.0. The quantitative estimate of drug-likeness (QED) is 0.633. The Kier molecular flexibility index (Phi) is 9.33. The van der Waals surface area contributed by atoms with Gasteiger partial charge in [0, 0.05) is 39.0 Å². The summed E-state index contributed by atoms with van der Waals surface area (Å²) in [7, 11) is 3.45. The summed E-state index contributed by atoms with van der Waals surface area (Å²) in [4.78, 5) is 30.2. The zero-order valence-electron chi connectivity index (χ0n) is 22.4. The normalized spacial score (nSPS) is 21.7. The number of nitrogens with one attached hydrogen (secondary N) is 2. The second kappa shape index (κ2) is 12.2. The van der Waals surface area contributed by atoms with Crippen molar-refractivity contribution >= 4 is 23.3 Å². The number of hydrogen-bond acceptors (Lipinski definition) is 7. The summed E-state index contributed by atoms with van der Waals surface area (Å²) in [5.74, 6) is 1.01. The fourth-order valence-corrected chi connectivity index (χ4v) is 4.47. The fourth-order valence-electron chi connectivity index (χ4n) is 4.47. The minimum Gasteiger partial charge on any atom is -0.491 e. The molecule has 10 nitrogen and oxygen atoms in total. The van der Waals surface area contributed by atoms with Gasteiger partial charge in [-0.15, -0.1) is 0 Å². The van der Waals surface area contributed by atoms with Crippen molar-refractivity contribution in [3.8, 4) is 5.75 Å². The van der Waals surface area contributed by atoms with Crippen LogP contribution in [0.4, 0.5) is 16.2 Å². The van der Waals surface area contributed by atoms with Crippen LogP contribution in [0.3, 0.4) is 0 Å². The van der Waals surface area contributed by atoms with Crippen LogP contribution in [0.5, 0.6) is 5.75 Å². The largest absolute Gasteiger partial charge is 0.491 e. The van der Waals surface area contributed by atoms with E-state index in [4.69, 9.17) is 14.0 Å². The Hall–Kier alpha value is -3.11. The summed E-state index contributed by atoms with van der Waals surface area (Å²) in [5, 5.41) is 9.38. The Balaban J connectivity index is 1.87. The molecule has 0 fully saturated rings. The molecule has 1 aromatic heterocycles. The predicted octanol–water partition coefficient (Wildman–Crippen LogP) is 4.15. The molecular formula is C26H39N5O5. The number of nitrogens with zero attached hydrogens (tertiary/aromatic N) is 3. The number of rotatable bonds is 5. The molecule has 1 aromatic carbocycles. The van der Waals surface area contributed by atoms with E-state index in [1.165, 1.54) is 0 Å². The molecular weight excluding hydrogens is 462 g/mol. The first-order chi connectivity index (χ1) is 17.1. The highest BCUT2D eigenvalue weighted by molar-refractivity contribution is 6.02. The number of methoxy groups -OCH3 is 1. The molecule has 0 aliphatic carbocycles. The number of aromatic nitrogens is 1. The smallest absolute Gasteiger partial charge is 0.323 e. The second-order valence-electron chi connectivity index (χ2n) is 9.58. The van der Waals surface area contributed by atoms with Crippen molar-refractivity contribution in [2.75, 3.05) is 51.0 Å². The molecule has 0 radical (unpaired) electrons. The molecule has 2 aromatic rings. The lowest BCUT2D eigenvalue weighted by Gasteiger charge is -2.35. The number of amides is 3. The number of aryl methyl sites for hydroxylation is 2. The van der Waals surface area contributed by atoms with E-state index in [0.717, 1.165) is 19.5 Å². The Labute approximate surface area is 213 Å². The van der Waals surface area contributed by atoms with Crippen LogP contribution in [-0.4, -0.2) is 79.4 Å². The molecule has 10 heteroatoms. The molecule has 1 aliphatic heterocycles. The van der Waals surface area contributed by atoms with E-state index in [1.807, 2.05) is 0 Å². The maximum absolute atomic E-state index is 13.5. The van der Waals surface area contributed by atoms with Gasteiger partial charge in [-0.25, -0.2) is 4.79 Å². The first kappa shape index (κ1) is 27.5.